The van der Waals surface area contributed by atoms with E-state index in [9.17, 15) is 14.4 Å². The number of nitrogens with one attached hydrogen (secondary N) is 1. The van der Waals surface area contributed by atoms with Gasteiger partial charge in [0.2, 0.25) is 0 Å². The summed E-state index contributed by atoms with van der Waals surface area (Å²) in [7, 11) is 1.56. The second-order valence-corrected chi connectivity index (χ2v) is 6.84. The van der Waals surface area contributed by atoms with Crippen molar-refractivity contribution < 1.29 is 23.7 Å². The molecule has 0 bridgehead atoms. The van der Waals surface area contributed by atoms with Crippen LogP contribution in [0.5, 0.6) is 0 Å². The van der Waals surface area contributed by atoms with Gasteiger partial charge < -0.3 is 10.1 Å². The first kappa shape index (κ1) is 18.3. The van der Waals surface area contributed by atoms with E-state index in [1.54, 1.807) is 13.3 Å². The number of dihydropyridines is 1. The number of carbonyl (C=O) groups excluding carboxylic acids is 3. The summed E-state index contributed by atoms with van der Waals surface area (Å²) < 4.78 is 6.98. The number of urea groups is 1. The topological polar surface area (TPSA) is 91.1 Å². The highest BCUT2D eigenvalue weighted by atomic mass is 16.5. The molecule has 8 heteroatoms. The maximum absolute atomic E-state index is 13.0. The Bertz CT molecular complexity index is 731. The fourth-order valence-corrected chi connectivity index (χ4v) is 3.66. The van der Waals surface area contributed by atoms with Gasteiger partial charge in [-0.05, 0) is 26.7 Å². The Morgan fingerprint density at radius 2 is 2.08 bits per heavy atom. The van der Waals surface area contributed by atoms with Crippen LogP contribution in [0, 0.1) is 5.92 Å². The van der Waals surface area contributed by atoms with E-state index < -0.39 is 17.9 Å². The van der Waals surface area contributed by atoms with E-state index >= 15 is 0 Å². The van der Waals surface area contributed by atoms with Gasteiger partial charge in [0.05, 0.1) is 13.7 Å². The third kappa shape index (κ3) is 3.27. The number of imide groups is 1. The van der Waals surface area contributed by atoms with Crippen molar-refractivity contribution in [3.8, 4) is 0 Å². The number of amides is 4. The van der Waals surface area contributed by atoms with Crippen molar-refractivity contribution in [2.24, 2.45) is 10.9 Å². The first-order valence-corrected chi connectivity index (χ1v) is 9.07. The minimum atomic E-state index is -0.790. The van der Waals surface area contributed by atoms with Crippen LogP contribution in [0.3, 0.4) is 0 Å². The van der Waals surface area contributed by atoms with Gasteiger partial charge in [-0.1, -0.05) is 12.8 Å². The monoisotopic (exact) mass is 361 g/mol. The molecule has 0 radical (unpaired) electrons. The zero-order valence-electron chi connectivity index (χ0n) is 15.4. The molecule has 0 aromatic carbocycles. The molecule has 1 saturated carbocycles. The number of ether oxygens (including phenoxy) is 1. The second-order valence-electron chi connectivity index (χ2n) is 6.84. The van der Waals surface area contributed by atoms with Gasteiger partial charge >= 0.3 is 11.9 Å². The SMILES string of the molecule is CCOC1=C(C)C=NC2=[N+](C)C(=O)N(CC(=O)NC3CCCC3)C(=O)C12. The van der Waals surface area contributed by atoms with Crippen molar-refractivity contribution in [2.75, 3.05) is 20.2 Å². The minimum Gasteiger partial charge on any atom is -0.496 e. The zero-order chi connectivity index (χ0) is 18.8. The summed E-state index contributed by atoms with van der Waals surface area (Å²) in [5.41, 5.74) is 0.743. The van der Waals surface area contributed by atoms with Gasteiger partial charge in [0.15, 0.2) is 12.5 Å². The molecule has 2 heterocycles. The first-order chi connectivity index (χ1) is 12.4. The summed E-state index contributed by atoms with van der Waals surface area (Å²) >= 11 is 0. The van der Waals surface area contributed by atoms with E-state index in [-0.39, 0.29) is 18.5 Å². The van der Waals surface area contributed by atoms with E-state index in [1.807, 2.05) is 13.8 Å². The standard InChI is InChI=1S/C18H24N4O4/c1-4-26-15-11(2)9-19-16-14(15)17(24)22(18(25)21(16)3)10-13(23)20-12-7-5-6-8-12/h9,12,14H,4-8,10H2,1-3H3/p+1. The summed E-state index contributed by atoms with van der Waals surface area (Å²) in [6.07, 6.45) is 5.67. The van der Waals surface area contributed by atoms with E-state index in [4.69, 9.17) is 4.74 Å². The van der Waals surface area contributed by atoms with Crippen LogP contribution < -0.4 is 5.32 Å². The van der Waals surface area contributed by atoms with E-state index in [0.717, 1.165) is 36.2 Å². The number of rotatable bonds is 5. The Hall–Kier alpha value is -2.51. The van der Waals surface area contributed by atoms with Gasteiger partial charge in [-0.25, -0.2) is 4.79 Å². The third-order valence-corrected chi connectivity index (χ3v) is 5.00. The van der Waals surface area contributed by atoms with Crippen LogP contribution >= 0.6 is 0 Å². The highest BCUT2D eigenvalue weighted by molar-refractivity contribution is 6.16. The fourth-order valence-electron chi connectivity index (χ4n) is 3.66. The van der Waals surface area contributed by atoms with Crippen LogP contribution in [-0.4, -0.2) is 65.6 Å². The van der Waals surface area contributed by atoms with Gasteiger partial charge in [-0.3, -0.25) is 9.59 Å². The van der Waals surface area contributed by atoms with E-state index in [0.29, 0.717) is 18.2 Å². The number of fused-ring (bicyclic) bond motifs is 1. The smallest absolute Gasteiger partial charge is 0.446 e. The van der Waals surface area contributed by atoms with Gasteiger partial charge in [0, 0.05) is 11.6 Å². The number of nitrogens with zero attached hydrogens (tertiary/aromatic N) is 3. The molecule has 2 aliphatic heterocycles. The molecule has 3 rings (SSSR count). The molecule has 8 nitrogen and oxygen atoms in total. The summed E-state index contributed by atoms with van der Waals surface area (Å²) in [5.74, 6) is -0.746. The lowest BCUT2D eigenvalue weighted by Crippen LogP contribution is -2.57. The van der Waals surface area contributed by atoms with Crippen molar-refractivity contribution in [1.82, 2.24) is 10.2 Å². The largest absolute Gasteiger partial charge is 0.496 e. The molecular formula is C18H25N4O4+. The van der Waals surface area contributed by atoms with Crippen molar-refractivity contribution >= 4 is 29.9 Å². The predicted molar refractivity (Wildman–Crippen MR) is 95.0 cm³/mol. The third-order valence-electron chi connectivity index (χ3n) is 5.00. The molecule has 1 fully saturated rings. The van der Waals surface area contributed by atoms with Crippen LogP contribution in [0.2, 0.25) is 0 Å². The Morgan fingerprint density at radius 1 is 1.38 bits per heavy atom. The summed E-state index contributed by atoms with van der Waals surface area (Å²) in [5, 5.41) is 2.92. The molecule has 140 valence electrons. The summed E-state index contributed by atoms with van der Waals surface area (Å²) in [4.78, 5) is 43.2. The van der Waals surface area contributed by atoms with Crippen LogP contribution in [0.4, 0.5) is 4.79 Å². The number of aliphatic imine (C=N–C) groups is 1. The maximum Gasteiger partial charge on any atom is 0.446 e. The van der Waals surface area contributed by atoms with Crippen LogP contribution in [0.25, 0.3) is 0 Å². The number of allylic oxidation sites excluding steroid dienone is 1. The van der Waals surface area contributed by atoms with Gasteiger partial charge in [-0.15, -0.1) is 4.99 Å². The van der Waals surface area contributed by atoms with Crippen molar-refractivity contribution in [1.29, 1.82) is 0 Å². The molecule has 0 spiro atoms. The molecule has 1 atom stereocenters. The Kier molecular flexibility index (Phi) is 5.20. The molecule has 0 aromatic rings. The van der Waals surface area contributed by atoms with Crippen molar-refractivity contribution in [3.05, 3.63) is 11.3 Å². The van der Waals surface area contributed by atoms with Gasteiger partial charge in [0.25, 0.3) is 11.7 Å². The molecule has 1 aliphatic carbocycles. The molecule has 1 unspecified atom stereocenters. The average Bonchev–Trinajstić information content (AvgIpc) is 3.11. The highest BCUT2D eigenvalue weighted by Crippen LogP contribution is 2.28. The molecule has 3 aliphatic rings. The number of hydrogen-bond donors (Lipinski definition) is 1. The van der Waals surface area contributed by atoms with Crippen molar-refractivity contribution in [2.45, 2.75) is 45.6 Å². The quantitative estimate of drug-likeness (QED) is 0.741. The Labute approximate surface area is 152 Å². The van der Waals surface area contributed by atoms with Gasteiger partial charge in [0.1, 0.15) is 12.0 Å². The Morgan fingerprint density at radius 3 is 2.73 bits per heavy atom. The van der Waals surface area contributed by atoms with Crippen LogP contribution in [0.15, 0.2) is 16.3 Å². The minimum absolute atomic E-state index is 0.137. The van der Waals surface area contributed by atoms with E-state index in [2.05, 4.69) is 10.3 Å². The van der Waals surface area contributed by atoms with Crippen LogP contribution in [0.1, 0.15) is 39.5 Å². The normalized spacial score (nSPS) is 23.7. The molecule has 26 heavy (non-hydrogen) atoms. The van der Waals surface area contributed by atoms with Crippen LogP contribution in [-0.2, 0) is 14.3 Å². The predicted octanol–water partition coefficient (Wildman–Crippen LogP) is 1.06. The molecule has 0 aromatic heterocycles. The fraction of sp³-hybridized carbons (Fsp3) is 0.611. The highest BCUT2D eigenvalue weighted by Gasteiger charge is 2.50. The Balaban J connectivity index is 1.83. The lowest BCUT2D eigenvalue weighted by atomic mass is 9.96. The maximum atomic E-state index is 13.0. The average molecular weight is 361 g/mol. The zero-order valence-corrected chi connectivity index (χ0v) is 15.4. The number of carbonyl (C=O) groups is 3. The van der Waals surface area contributed by atoms with E-state index in [1.165, 1.54) is 4.58 Å². The second kappa shape index (κ2) is 7.39. The number of amidine groups is 1. The number of hydrogen-bond acceptors (Lipinski definition) is 5. The van der Waals surface area contributed by atoms with Crippen molar-refractivity contribution in [3.63, 3.8) is 0 Å². The molecule has 0 saturated heterocycles. The lowest BCUT2D eigenvalue weighted by Gasteiger charge is -2.29. The molecular weight excluding hydrogens is 336 g/mol. The lowest BCUT2D eigenvalue weighted by molar-refractivity contribution is -0.408. The van der Waals surface area contributed by atoms with Gasteiger partial charge in [-0.2, -0.15) is 9.48 Å². The summed E-state index contributed by atoms with van der Waals surface area (Å²) in [6, 6.07) is -0.409. The summed E-state index contributed by atoms with van der Waals surface area (Å²) in [6.45, 7) is 3.76. The molecule has 1 N–H and O–H groups in total. The molecule has 4 amide bonds. The first-order valence-electron chi connectivity index (χ1n) is 9.07.